The quantitative estimate of drug-likeness (QED) is 0.372. The number of fused-ring (bicyclic) bond motifs is 1. The minimum Gasteiger partial charge on any atom is -0.496 e. The van der Waals surface area contributed by atoms with E-state index in [4.69, 9.17) is 4.74 Å². The molecule has 4 aromatic rings. The van der Waals surface area contributed by atoms with Crippen molar-refractivity contribution >= 4 is 44.5 Å². The van der Waals surface area contributed by atoms with Crippen LogP contribution < -0.4 is 10.1 Å². The van der Waals surface area contributed by atoms with Gasteiger partial charge in [0.1, 0.15) is 5.75 Å². The Kier molecular flexibility index (Phi) is 6.23. The van der Waals surface area contributed by atoms with Crippen LogP contribution in [0.5, 0.6) is 5.75 Å². The lowest BCUT2D eigenvalue weighted by Gasteiger charge is -2.18. The fourth-order valence-corrected chi connectivity index (χ4v) is 4.13. The largest absolute Gasteiger partial charge is 0.496 e. The van der Waals surface area contributed by atoms with Crippen molar-refractivity contribution in [2.24, 2.45) is 0 Å². The lowest BCUT2D eigenvalue weighted by Crippen LogP contribution is -2.14. The van der Waals surface area contributed by atoms with Crippen LogP contribution in [-0.4, -0.2) is 33.6 Å². The topological polar surface area (TPSA) is 93.5 Å². The minimum absolute atomic E-state index is 0.0691. The van der Waals surface area contributed by atoms with Gasteiger partial charge in [0.2, 0.25) is 0 Å². The number of hydrogen-bond donors (Lipinski definition) is 2. The molecule has 2 N–H and O–H groups in total. The first-order chi connectivity index (χ1) is 15.5. The summed E-state index contributed by atoms with van der Waals surface area (Å²) in [7, 11) is 1.56. The van der Waals surface area contributed by atoms with Gasteiger partial charge in [-0.1, -0.05) is 30.3 Å². The first-order valence-electron chi connectivity index (χ1n) is 9.84. The zero-order valence-electron chi connectivity index (χ0n) is 17.2. The van der Waals surface area contributed by atoms with Crippen LogP contribution in [0.1, 0.15) is 28.4 Å². The number of nitrogens with zero attached hydrogens (tertiary/aromatic N) is 2. The Labute approximate surface area is 192 Å². The second-order valence-electron chi connectivity index (χ2n) is 7.18. The lowest BCUT2D eigenvalue weighted by molar-refractivity contribution is -0.137. The van der Waals surface area contributed by atoms with E-state index in [9.17, 15) is 14.7 Å². The number of ether oxygens (including phenoxy) is 1. The minimum atomic E-state index is -0.893. The van der Waals surface area contributed by atoms with Crippen LogP contribution in [0.25, 0.3) is 11.0 Å². The standard InChI is InChI=1S/C24H20BrN3O4/c1-32-22-10-7-16(11-18(22)25)24(31)27-17-8-9-20-19(12-17)26-14-28(20)21(13-23(29)30)15-5-3-2-4-6-15/h2-12,14,21H,13H2,1H3,(H,27,31)(H,29,30). The summed E-state index contributed by atoms with van der Waals surface area (Å²) >= 11 is 3.39. The van der Waals surface area contributed by atoms with E-state index in [0.717, 1.165) is 11.1 Å². The van der Waals surface area contributed by atoms with E-state index >= 15 is 0 Å². The van der Waals surface area contributed by atoms with Crippen molar-refractivity contribution in [3.05, 3.63) is 88.7 Å². The molecule has 0 saturated carbocycles. The summed E-state index contributed by atoms with van der Waals surface area (Å²) in [5.41, 5.74) is 3.40. The Morgan fingerprint density at radius 3 is 2.59 bits per heavy atom. The summed E-state index contributed by atoms with van der Waals surface area (Å²) in [4.78, 5) is 28.6. The number of anilines is 1. The fraction of sp³-hybridized carbons (Fsp3) is 0.125. The molecule has 0 aliphatic rings. The van der Waals surface area contributed by atoms with E-state index in [1.54, 1.807) is 43.8 Å². The number of carboxylic acids is 1. The number of benzene rings is 3. The predicted octanol–water partition coefficient (Wildman–Crippen LogP) is 5.12. The summed E-state index contributed by atoms with van der Waals surface area (Å²) in [6.45, 7) is 0. The molecule has 32 heavy (non-hydrogen) atoms. The molecule has 1 heterocycles. The molecule has 0 bridgehead atoms. The fourth-order valence-electron chi connectivity index (χ4n) is 3.59. The third-order valence-corrected chi connectivity index (χ3v) is 5.75. The molecule has 1 atom stereocenters. The highest BCUT2D eigenvalue weighted by atomic mass is 79.9. The van der Waals surface area contributed by atoms with Gasteiger partial charge in [0.15, 0.2) is 0 Å². The first-order valence-corrected chi connectivity index (χ1v) is 10.6. The number of aliphatic carboxylic acids is 1. The number of rotatable bonds is 7. The van der Waals surface area contributed by atoms with Crippen molar-refractivity contribution in [1.29, 1.82) is 0 Å². The number of imidazole rings is 1. The summed E-state index contributed by atoms with van der Waals surface area (Å²) in [5, 5.41) is 12.3. The molecule has 0 radical (unpaired) electrons. The molecular formula is C24H20BrN3O4. The van der Waals surface area contributed by atoms with Crippen molar-refractivity contribution in [1.82, 2.24) is 9.55 Å². The van der Waals surface area contributed by atoms with Gasteiger partial charge in [-0.3, -0.25) is 9.59 Å². The zero-order chi connectivity index (χ0) is 22.7. The highest BCUT2D eigenvalue weighted by Crippen LogP contribution is 2.29. The first kappa shape index (κ1) is 21.6. The molecule has 3 aromatic carbocycles. The van der Waals surface area contributed by atoms with E-state index < -0.39 is 12.0 Å². The van der Waals surface area contributed by atoms with Gasteiger partial charge in [0.25, 0.3) is 5.91 Å². The molecule has 1 amide bonds. The second-order valence-corrected chi connectivity index (χ2v) is 8.04. The van der Waals surface area contributed by atoms with Crippen molar-refractivity contribution < 1.29 is 19.4 Å². The van der Waals surface area contributed by atoms with Crippen LogP contribution >= 0.6 is 15.9 Å². The average Bonchev–Trinajstić information content (AvgIpc) is 3.21. The third kappa shape index (κ3) is 4.50. The van der Waals surface area contributed by atoms with Gasteiger partial charge in [-0.05, 0) is 57.9 Å². The SMILES string of the molecule is COc1ccc(C(=O)Nc2ccc3c(c2)ncn3C(CC(=O)O)c2ccccc2)cc1Br. The number of amides is 1. The monoisotopic (exact) mass is 493 g/mol. The Bertz CT molecular complexity index is 1290. The van der Waals surface area contributed by atoms with Crippen LogP contribution in [0.2, 0.25) is 0 Å². The van der Waals surface area contributed by atoms with Crippen LogP contribution in [0.15, 0.2) is 77.5 Å². The number of halogens is 1. The van der Waals surface area contributed by atoms with Gasteiger partial charge >= 0.3 is 5.97 Å². The molecular weight excluding hydrogens is 474 g/mol. The Morgan fingerprint density at radius 2 is 1.91 bits per heavy atom. The summed E-state index contributed by atoms with van der Waals surface area (Å²) < 4.78 is 7.74. The smallest absolute Gasteiger partial charge is 0.305 e. The third-order valence-electron chi connectivity index (χ3n) is 5.13. The summed E-state index contributed by atoms with van der Waals surface area (Å²) in [6.07, 6.45) is 1.57. The molecule has 0 saturated heterocycles. The van der Waals surface area contributed by atoms with E-state index in [2.05, 4.69) is 26.2 Å². The number of carbonyl (C=O) groups excluding carboxylic acids is 1. The Morgan fingerprint density at radius 1 is 1.12 bits per heavy atom. The maximum absolute atomic E-state index is 12.7. The molecule has 4 rings (SSSR count). The van der Waals surface area contributed by atoms with Crippen LogP contribution in [0.4, 0.5) is 5.69 Å². The number of nitrogens with one attached hydrogen (secondary N) is 1. The maximum Gasteiger partial charge on any atom is 0.305 e. The Balaban J connectivity index is 1.61. The molecule has 0 fully saturated rings. The Hall–Kier alpha value is -3.65. The number of carbonyl (C=O) groups is 2. The van der Waals surface area contributed by atoms with Gasteiger partial charge in [0, 0.05) is 11.3 Å². The van der Waals surface area contributed by atoms with E-state index in [0.29, 0.717) is 27.0 Å². The second kappa shape index (κ2) is 9.23. The number of carboxylic acid groups (broad SMARTS) is 1. The number of methoxy groups -OCH3 is 1. The van der Waals surface area contributed by atoms with E-state index in [1.165, 1.54) is 0 Å². The highest BCUT2D eigenvalue weighted by Gasteiger charge is 2.20. The van der Waals surface area contributed by atoms with E-state index in [-0.39, 0.29) is 12.3 Å². The van der Waals surface area contributed by atoms with Crippen LogP contribution in [-0.2, 0) is 4.79 Å². The predicted molar refractivity (Wildman–Crippen MR) is 125 cm³/mol. The summed E-state index contributed by atoms with van der Waals surface area (Å²) in [5.74, 6) is -0.516. The number of aromatic nitrogens is 2. The van der Waals surface area contributed by atoms with Crippen molar-refractivity contribution in [3.63, 3.8) is 0 Å². The van der Waals surface area contributed by atoms with Crippen molar-refractivity contribution in [2.75, 3.05) is 12.4 Å². The van der Waals surface area contributed by atoms with Crippen molar-refractivity contribution in [2.45, 2.75) is 12.5 Å². The normalized spacial score (nSPS) is 11.8. The maximum atomic E-state index is 12.7. The molecule has 7 nitrogen and oxygen atoms in total. The van der Waals surface area contributed by atoms with Crippen molar-refractivity contribution in [3.8, 4) is 5.75 Å². The zero-order valence-corrected chi connectivity index (χ0v) is 18.7. The van der Waals surface area contributed by atoms with Crippen LogP contribution in [0.3, 0.4) is 0 Å². The molecule has 162 valence electrons. The highest BCUT2D eigenvalue weighted by molar-refractivity contribution is 9.10. The molecule has 0 aliphatic heterocycles. The lowest BCUT2D eigenvalue weighted by atomic mass is 10.0. The van der Waals surface area contributed by atoms with Gasteiger partial charge in [-0.25, -0.2) is 4.98 Å². The molecule has 1 aromatic heterocycles. The van der Waals surface area contributed by atoms with Gasteiger partial charge in [-0.2, -0.15) is 0 Å². The molecule has 0 spiro atoms. The number of hydrogen-bond acceptors (Lipinski definition) is 4. The average molecular weight is 494 g/mol. The van der Waals surface area contributed by atoms with E-state index in [1.807, 2.05) is 41.0 Å². The summed E-state index contributed by atoms with van der Waals surface area (Å²) in [6, 6.07) is 19.5. The van der Waals surface area contributed by atoms with Gasteiger partial charge < -0.3 is 19.7 Å². The molecule has 8 heteroatoms. The molecule has 1 unspecified atom stereocenters. The van der Waals surface area contributed by atoms with Gasteiger partial charge in [-0.15, -0.1) is 0 Å². The molecule has 0 aliphatic carbocycles. The van der Waals surface area contributed by atoms with Crippen LogP contribution in [0, 0.1) is 0 Å². The van der Waals surface area contributed by atoms with Gasteiger partial charge in [0.05, 0.1) is 41.4 Å².